The number of ether oxygens (including phenoxy) is 2. The second kappa shape index (κ2) is 7.03. The molecule has 3 rings (SSSR count). The van der Waals surface area contributed by atoms with Crippen LogP contribution >= 0.6 is 27.3 Å². The largest absolute Gasteiger partial charge is 0.493 e. The van der Waals surface area contributed by atoms with Gasteiger partial charge in [-0.3, -0.25) is 0 Å². The Labute approximate surface area is 154 Å². The van der Waals surface area contributed by atoms with Gasteiger partial charge in [0, 0.05) is 22.0 Å². The molecular weight excluding hydrogens is 414 g/mol. The topological polar surface area (TPSA) is 55.8 Å². The average Bonchev–Trinajstić information content (AvgIpc) is 3.24. The van der Waals surface area contributed by atoms with Gasteiger partial charge in [0.15, 0.2) is 11.5 Å². The number of sulfonamides is 1. The van der Waals surface area contributed by atoms with E-state index in [-0.39, 0.29) is 10.9 Å². The van der Waals surface area contributed by atoms with Gasteiger partial charge in [0.1, 0.15) is 4.90 Å². The maximum absolute atomic E-state index is 13.2. The van der Waals surface area contributed by atoms with Crippen molar-refractivity contribution in [3.8, 4) is 11.5 Å². The van der Waals surface area contributed by atoms with Gasteiger partial charge in [0.2, 0.25) is 10.0 Å². The van der Waals surface area contributed by atoms with E-state index in [1.165, 1.54) is 20.3 Å². The maximum Gasteiger partial charge on any atom is 0.244 e. The third-order valence-corrected chi connectivity index (χ3v) is 7.94. The molecule has 0 N–H and O–H groups in total. The molecule has 8 heteroatoms. The van der Waals surface area contributed by atoms with E-state index in [0.717, 1.165) is 17.7 Å². The third-order valence-electron chi connectivity index (χ3n) is 4.10. The fraction of sp³-hybridized carbons (Fsp3) is 0.375. The highest BCUT2D eigenvalue weighted by molar-refractivity contribution is 9.10. The van der Waals surface area contributed by atoms with Crippen molar-refractivity contribution in [1.82, 2.24) is 4.31 Å². The number of nitrogens with zero attached hydrogens (tertiary/aromatic N) is 1. The summed E-state index contributed by atoms with van der Waals surface area (Å²) in [6, 6.07) is 6.99. The summed E-state index contributed by atoms with van der Waals surface area (Å²) in [6.45, 7) is 0.520. The van der Waals surface area contributed by atoms with Crippen LogP contribution in [-0.4, -0.2) is 33.5 Å². The van der Waals surface area contributed by atoms with Crippen molar-refractivity contribution >= 4 is 37.3 Å². The Kier molecular flexibility index (Phi) is 5.19. The van der Waals surface area contributed by atoms with E-state index in [0.29, 0.717) is 22.5 Å². The lowest BCUT2D eigenvalue weighted by atomic mass is 10.2. The average molecular weight is 432 g/mol. The first kappa shape index (κ1) is 17.7. The minimum atomic E-state index is -3.64. The van der Waals surface area contributed by atoms with E-state index in [9.17, 15) is 8.42 Å². The van der Waals surface area contributed by atoms with Gasteiger partial charge >= 0.3 is 0 Å². The summed E-state index contributed by atoms with van der Waals surface area (Å²) in [4.78, 5) is 1.27. The van der Waals surface area contributed by atoms with Gasteiger partial charge in [0.05, 0.1) is 20.3 Å². The highest BCUT2D eigenvalue weighted by Gasteiger charge is 2.38. The minimum absolute atomic E-state index is 0.102. The summed E-state index contributed by atoms with van der Waals surface area (Å²) in [5, 5.41) is 1.98. The van der Waals surface area contributed by atoms with E-state index in [2.05, 4.69) is 15.9 Å². The van der Waals surface area contributed by atoms with Crippen molar-refractivity contribution in [2.45, 2.75) is 23.8 Å². The van der Waals surface area contributed by atoms with Gasteiger partial charge in [-0.05, 0) is 46.3 Å². The molecule has 1 fully saturated rings. The summed E-state index contributed by atoms with van der Waals surface area (Å²) in [6.07, 6.45) is 1.69. The van der Waals surface area contributed by atoms with Gasteiger partial charge in [-0.1, -0.05) is 6.07 Å². The van der Waals surface area contributed by atoms with Crippen LogP contribution in [-0.2, 0) is 10.0 Å². The zero-order chi connectivity index (χ0) is 17.3. The molecule has 5 nitrogen and oxygen atoms in total. The summed E-state index contributed by atoms with van der Waals surface area (Å²) in [5.74, 6) is 0.880. The molecular formula is C16H18BrNO4S2. The zero-order valence-electron chi connectivity index (χ0n) is 13.4. The van der Waals surface area contributed by atoms with Crippen LogP contribution in [0.2, 0.25) is 0 Å². The van der Waals surface area contributed by atoms with Crippen LogP contribution in [0.15, 0.2) is 39.0 Å². The Hall–Kier alpha value is -1.09. The smallest absolute Gasteiger partial charge is 0.244 e. The Morgan fingerprint density at radius 2 is 1.96 bits per heavy atom. The number of thiophene rings is 1. The monoisotopic (exact) mass is 431 g/mol. The Morgan fingerprint density at radius 1 is 1.25 bits per heavy atom. The molecule has 0 radical (unpaired) electrons. The number of hydrogen-bond acceptors (Lipinski definition) is 5. The van der Waals surface area contributed by atoms with E-state index >= 15 is 0 Å². The highest BCUT2D eigenvalue weighted by Crippen LogP contribution is 2.42. The van der Waals surface area contributed by atoms with Crippen LogP contribution < -0.4 is 9.47 Å². The molecule has 1 aliphatic rings. The normalized spacial score (nSPS) is 18.7. The van der Waals surface area contributed by atoms with Crippen LogP contribution in [0.1, 0.15) is 23.8 Å². The first-order valence-electron chi connectivity index (χ1n) is 7.45. The van der Waals surface area contributed by atoms with Crippen molar-refractivity contribution < 1.29 is 17.9 Å². The number of benzene rings is 1. The lowest BCUT2D eigenvalue weighted by Gasteiger charge is -2.24. The van der Waals surface area contributed by atoms with E-state index in [1.54, 1.807) is 21.7 Å². The van der Waals surface area contributed by atoms with Gasteiger partial charge in [0.25, 0.3) is 0 Å². The molecule has 0 spiro atoms. The SMILES string of the molecule is COc1cc(Br)c(S(=O)(=O)N2CCC[C@@H]2c2cccs2)cc1OC. The molecule has 0 unspecified atom stereocenters. The standard InChI is InChI=1S/C16H18BrNO4S2/c1-21-13-9-11(17)16(10-14(13)22-2)24(19,20)18-7-3-5-12(18)15-6-4-8-23-15/h4,6,8-10,12H,3,5,7H2,1-2H3/t12-/m1/s1. The van der Waals surface area contributed by atoms with Gasteiger partial charge in [-0.2, -0.15) is 4.31 Å². The summed E-state index contributed by atoms with van der Waals surface area (Å²) < 4.78 is 39.0. The Balaban J connectivity index is 2.04. The number of methoxy groups -OCH3 is 2. The van der Waals surface area contributed by atoms with Crippen LogP contribution in [0.25, 0.3) is 0 Å². The summed E-state index contributed by atoms with van der Waals surface area (Å²) in [7, 11) is -0.632. The first-order valence-corrected chi connectivity index (χ1v) is 10.6. The second-order valence-corrected chi connectivity index (χ2v) is 9.12. The van der Waals surface area contributed by atoms with Crippen molar-refractivity contribution in [3.05, 3.63) is 39.0 Å². The van der Waals surface area contributed by atoms with Crippen molar-refractivity contribution in [2.24, 2.45) is 0 Å². The fourth-order valence-corrected chi connectivity index (χ4v) is 6.57. The Bertz CT molecular complexity index is 821. The van der Waals surface area contributed by atoms with Crippen LogP contribution in [0.3, 0.4) is 0 Å². The lowest BCUT2D eigenvalue weighted by Crippen LogP contribution is -2.30. The van der Waals surface area contributed by atoms with Gasteiger partial charge in [-0.25, -0.2) is 8.42 Å². The summed E-state index contributed by atoms with van der Waals surface area (Å²) in [5.41, 5.74) is 0. The predicted molar refractivity (Wildman–Crippen MR) is 97.4 cm³/mol. The molecule has 1 atom stereocenters. The molecule has 1 saturated heterocycles. The van der Waals surface area contributed by atoms with E-state index in [4.69, 9.17) is 9.47 Å². The molecule has 0 saturated carbocycles. The van der Waals surface area contributed by atoms with Crippen molar-refractivity contribution in [3.63, 3.8) is 0 Å². The third kappa shape index (κ3) is 3.08. The van der Waals surface area contributed by atoms with Crippen LogP contribution in [0.5, 0.6) is 11.5 Å². The molecule has 24 heavy (non-hydrogen) atoms. The van der Waals surface area contributed by atoms with Crippen LogP contribution in [0, 0.1) is 0 Å². The Morgan fingerprint density at radius 3 is 2.58 bits per heavy atom. The van der Waals surface area contributed by atoms with Crippen molar-refractivity contribution in [1.29, 1.82) is 0 Å². The molecule has 130 valence electrons. The number of hydrogen-bond donors (Lipinski definition) is 0. The van der Waals surface area contributed by atoms with Gasteiger partial charge < -0.3 is 9.47 Å². The molecule has 0 amide bonds. The first-order chi connectivity index (χ1) is 11.5. The van der Waals surface area contributed by atoms with Crippen LogP contribution in [0.4, 0.5) is 0 Å². The number of rotatable bonds is 5. The summed E-state index contributed by atoms with van der Waals surface area (Å²) >= 11 is 4.95. The lowest BCUT2D eigenvalue weighted by molar-refractivity contribution is 0.352. The van der Waals surface area contributed by atoms with Crippen molar-refractivity contribution in [2.75, 3.05) is 20.8 Å². The molecule has 1 aliphatic heterocycles. The predicted octanol–water partition coefficient (Wildman–Crippen LogP) is 4.05. The molecule has 0 bridgehead atoms. The maximum atomic E-state index is 13.2. The van der Waals surface area contributed by atoms with E-state index < -0.39 is 10.0 Å². The fourth-order valence-electron chi connectivity index (χ4n) is 2.95. The highest BCUT2D eigenvalue weighted by atomic mass is 79.9. The molecule has 2 aromatic rings. The van der Waals surface area contributed by atoms with Gasteiger partial charge in [-0.15, -0.1) is 11.3 Å². The minimum Gasteiger partial charge on any atom is -0.493 e. The molecule has 0 aliphatic carbocycles. The number of halogens is 1. The second-order valence-electron chi connectivity index (χ2n) is 5.43. The molecule has 1 aromatic carbocycles. The molecule has 2 heterocycles. The zero-order valence-corrected chi connectivity index (χ0v) is 16.6. The molecule has 1 aromatic heterocycles. The van der Waals surface area contributed by atoms with E-state index in [1.807, 2.05) is 17.5 Å². The quantitative estimate of drug-likeness (QED) is 0.716.